The number of amides is 1. The predicted octanol–water partition coefficient (Wildman–Crippen LogP) is 14.9. The highest BCUT2D eigenvalue weighted by Gasteiger charge is 2.28. The van der Waals surface area contributed by atoms with E-state index in [1.54, 1.807) is 0 Å². The first kappa shape index (κ1) is 59.0. The molecule has 0 aliphatic rings. The third kappa shape index (κ3) is 45.0. The number of hydrogen-bond donors (Lipinski definition) is 3. The molecule has 9 heteroatoms. The molecule has 3 unspecified atom stereocenters. The van der Waals surface area contributed by atoms with E-state index >= 15 is 0 Å². The van der Waals surface area contributed by atoms with Crippen molar-refractivity contribution in [2.45, 2.75) is 257 Å². The fourth-order valence-electron chi connectivity index (χ4n) is 7.61. The summed E-state index contributed by atoms with van der Waals surface area (Å²) in [6.07, 6.45) is 52.2. The van der Waals surface area contributed by atoms with Gasteiger partial charge in [0.15, 0.2) is 0 Å². The molecule has 0 saturated carbocycles. The molecular weight excluding hydrogens is 768 g/mol. The van der Waals surface area contributed by atoms with E-state index < -0.39 is 20.0 Å². The van der Waals surface area contributed by atoms with Gasteiger partial charge >= 0.3 is 7.82 Å². The molecule has 0 aromatic rings. The van der Waals surface area contributed by atoms with Crippen LogP contribution in [0.25, 0.3) is 0 Å². The fraction of sp³-hybridized carbons (Fsp3) is 0.902. The molecule has 0 spiro atoms. The van der Waals surface area contributed by atoms with E-state index in [-0.39, 0.29) is 19.1 Å². The molecule has 0 aromatic carbocycles. The van der Waals surface area contributed by atoms with Crippen LogP contribution in [-0.2, 0) is 18.4 Å². The van der Waals surface area contributed by atoms with Gasteiger partial charge in [-0.2, -0.15) is 0 Å². The Balaban J connectivity index is 4.08. The predicted molar refractivity (Wildman–Crippen MR) is 258 cm³/mol. The molecule has 3 N–H and O–H groups in total. The number of rotatable bonds is 47. The van der Waals surface area contributed by atoms with Crippen molar-refractivity contribution in [3.63, 3.8) is 0 Å². The van der Waals surface area contributed by atoms with Gasteiger partial charge in [0, 0.05) is 6.42 Å². The minimum absolute atomic E-state index is 0.0760. The maximum absolute atomic E-state index is 12.9. The van der Waals surface area contributed by atoms with E-state index in [4.69, 9.17) is 9.05 Å². The summed E-state index contributed by atoms with van der Waals surface area (Å²) in [5.74, 6) is -0.144. The van der Waals surface area contributed by atoms with Gasteiger partial charge < -0.3 is 19.8 Å². The molecule has 0 radical (unpaired) electrons. The van der Waals surface area contributed by atoms with Crippen molar-refractivity contribution in [2.75, 3.05) is 40.9 Å². The zero-order valence-electron chi connectivity index (χ0n) is 40.5. The van der Waals surface area contributed by atoms with E-state index in [1.807, 2.05) is 21.1 Å². The Morgan fingerprint density at radius 1 is 0.567 bits per heavy atom. The van der Waals surface area contributed by atoms with Crippen molar-refractivity contribution >= 4 is 13.7 Å². The van der Waals surface area contributed by atoms with Gasteiger partial charge in [0.2, 0.25) is 5.91 Å². The van der Waals surface area contributed by atoms with Crippen LogP contribution in [0.15, 0.2) is 24.3 Å². The number of aliphatic hydroxyl groups excluding tert-OH is 1. The van der Waals surface area contributed by atoms with E-state index in [0.717, 1.165) is 44.9 Å². The van der Waals surface area contributed by atoms with Gasteiger partial charge in [0.05, 0.1) is 39.9 Å². The Bertz CT molecular complexity index is 1030. The molecule has 0 aliphatic heterocycles. The van der Waals surface area contributed by atoms with Gasteiger partial charge in [0.1, 0.15) is 13.2 Å². The fourth-order valence-corrected chi connectivity index (χ4v) is 8.34. The summed E-state index contributed by atoms with van der Waals surface area (Å²) in [6, 6.07) is -0.757. The number of phosphoric ester groups is 1. The monoisotopic (exact) mass is 870 g/mol. The van der Waals surface area contributed by atoms with Crippen molar-refractivity contribution < 1.29 is 32.9 Å². The highest BCUT2D eigenvalue weighted by atomic mass is 31.2. The number of likely N-dealkylation sites (N-methyl/N-ethyl adjacent to an activating group) is 1. The largest absolute Gasteiger partial charge is 0.472 e. The molecule has 3 atom stereocenters. The summed E-state index contributed by atoms with van der Waals surface area (Å²) in [5, 5.41) is 14.0. The van der Waals surface area contributed by atoms with Gasteiger partial charge in [-0.15, -0.1) is 0 Å². The van der Waals surface area contributed by atoms with Crippen LogP contribution in [-0.4, -0.2) is 73.4 Å². The third-order valence-corrected chi connectivity index (χ3v) is 12.7. The van der Waals surface area contributed by atoms with Crippen molar-refractivity contribution in [3.8, 4) is 0 Å². The average molecular weight is 870 g/mol. The number of aliphatic hydroxyl groups is 1. The Morgan fingerprint density at radius 3 is 1.37 bits per heavy atom. The molecule has 0 saturated heterocycles. The Hall–Kier alpha value is -1.02. The molecule has 0 heterocycles. The number of quaternary nitrogens is 1. The maximum Gasteiger partial charge on any atom is 0.472 e. The number of allylic oxidation sites excluding steroid dienone is 4. The minimum atomic E-state index is -4.31. The lowest BCUT2D eigenvalue weighted by Gasteiger charge is -2.26. The summed E-state index contributed by atoms with van der Waals surface area (Å²) < 4.78 is 23.7. The lowest BCUT2D eigenvalue weighted by Crippen LogP contribution is -2.46. The normalized spacial score (nSPS) is 14.3. The van der Waals surface area contributed by atoms with Gasteiger partial charge in [0.25, 0.3) is 0 Å². The second kappa shape index (κ2) is 43.2. The van der Waals surface area contributed by atoms with Gasteiger partial charge in [-0.3, -0.25) is 13.8 Å². The quantitative estimate of drug-likeness (QED) is 0.0243. The summed E-state index contributed by atoms with van der Waals surface area (Å²) >= 11 is 0. The molecule has 0 fully saturated rings. The van der Waals surface area contributed by atoms with Crippen molar-refractivity contribution in [1.29, 1.82) is 0 Å². The first-order chi connectivity index (χ1) is 29.0. The zero-order valence-corrected chi connectivity index (χ0v) is 41.4. The van der Waals surface area contributed by atoms with Crippen LogP contribution in [0.2, 0.25) is 0 Å². The van der Waals surface area contributed by atoms with Crippen LogP contribution < -0.4 is 5.32 Å². The first-order valence-electron chi connectivity index (χ1n) is 25.7. The molecule has 0 aromatic heterocycles. The Morgan fingerprint density at radius 2 is 0.950 bits per heavy atom. The van der Waals surface area contributed by atoms with Crippen molar-refractivity contribution in [1.82, 2.24) is 5.32 Å². The van der Waals surface area contributed by atoms with Crippen LogP contribution in [0.1, 0.15) is 245 Å². The second-order valence-electron chi connectivity index (χ2n) is 18.9. The lowest BCUT2D eigenvalue weighted by atomic mass is 10.0. The summed E-state index contributed by atoms with van der Waals surface area (Å²) in [6.45, 7) is 4.88. The zero-order chi connectivity index (χ0) is 44.3. The van der Waals surface area contributed by atoms with Crippen LogP contribution in [0.3, 0.4) is 0 Å². The Kier molecular flexibility index (Phi) is 42.5. The second-order valence-corrected chi connectivity index (χ2v) is 20.4. The highest BCUT2D eigenvalue weighted by molar-refractivity contribution is 7.47. The smallest absolute Gasteiger partial charge is 0.391 e. The standard InChI is InChI=1S/C51H101N2O6P/c1-6-8-10-12-14-16-18-19-20-21-22-23-24-25-26-27-28-29-30-31-32-33-35-37-39-41-43-45-51(55)52-49(48-59-60(56,57)58-47-46-53(3,4)5)50(54)44-42-40-38-36-34-17-15-13-11-9-7-2/h18-19,21-22,49-50,54H,6-17,20,23-48H2,1-5H3,(H-,52,55,56,57)/p+1/b19-18-,22-21-. The summed E-state index contributed by atoms with van der Waals surface area (Å²) in [5.41, 5.74) is 0. The number of nitrogens with zero attached hydrogens (tertiary/aromatic N) is 1. The number of phosphoric acid groups is 1. The number of unbranched alkanes of at least 4 members (excludes halogenated alkanes) is 30. The first-order valence-corrected chi connectivity index (χ1v) is 27.2. The third-order valence-electron chi connectivity index (χ3n) is 11.7. The van der Waals surface area contributed by atoms with E-state index in [2.05, 4.69) is 43.5 Å². The number of nitrogens with one attached hydrogen (secondary N) is 1. The van der Waals surface area contributed by atoms with E-state index in [0.29, 0.717) is 23.9 Å². The SMILES string of the molecule is CCCCCCC/C=C\C/C=C\CCCCCCCCCCCCCCCCCC(=O)NC(COP(=O)(O)OCC[N+](C)(C)C)C(O)CCCCCCCCCCCCC. The number of hydrogen-bond acceptors (Lipinski definition) is 5. The molecule has 60 heavy (non-hydrogen) atoms. The molecular formula is C51H102N2O6P+. The van der Waals surface area contributed by atoms with E-state index in [9.17, 15) is 19.4 Å². The van der Waals surface area contributed by atoms with Gasteiger partial charge in [-0.1, -0.05) is 218 Å². The van der Waals surface area contributed by atoms with E-state index in [1.165, 1.54) is 173 Å². The molecule has 0 rings (SSSR count). The van der Waals surface area contributed by atoms with Crippen LogP contribution in [0, 0.1) is 0 Å². The highest BCUT2D eigenvalue weighted by Crippen LogP contribution is 2.43. The van der Waals surface area contributed by atoms with Crippen LogP contribution in [0.5, 0.6) is 0 Å². The summed E-state index contributed by atoms with van der Waals surface area (Å²) in [7, 11) is 1.62. The van der Waals surface area contributed by atoms with Crippen LogP contribution in [0.4, 0.5) is 0 Å². The van der Waals surface area contributed by atoms with Crippen molar-refractivity contribution in [2.24, 2.45) is 0 Å². The Labute approximate surface area is 373 Å². The maximum atomic E-state index is 12.9. The minimum Gasteiger partial charge on any atom is -0.391 e. The molecule has 1 amide bonds. The average Bonchev–Trinajstić information content (AvgIpc) is 3.20. The number of carbonyl (C=O) groups is 1. The molecule has 0 bridgehead atoms. The molecule has 8 nitrogen and oxygen atoms in total. The van der Waals surface area contributed by atoms with Gasteiger partial charge in [-0.05, 0) is 44.9 Å². The van der Waals surface area contributed by atoms with Crippen LogP contribution >= 0.6 is 7.82 Å². The molecule has 0 aliphatic carbocycles. The molecule has 356 valence electrons. The summed E-state index contributed by atoms with van der Waals surface area (Å²) in [4.78, 5) is 23.2. The van der Waals surface area contributed by atoms with Gasteiger partial charge in [-0.25, -0.2) is 4.57 Å². The van der Waals surface area contributed by atoms with Crippen molar-refractivity contribution in [3.05, 3.63) is 24.3 Å². The number of carbonyl (C=O) groups excluding carboxylic acids is 1. The topological polar surface area (TPSA) is 105 Å². The lowest BCUT2D eigenvalue weighted by molar-refractivity contribution is -0.870.